The molecule has 0 spiro atoms. The maximum absolute atomic E-state index is 10.9. The number of hydrogen-bond donors (Lipinski definition) is 2. The van der Waals surface area contributed by atoms with Crippen LogP contribution in [0.2, 0.25) is 0 Å². The molecular formula is C12H17N3O2. The molecule has 2 N–H and O–H groups in total. The van der Waals surface area contributed by atoms with Crippen LogP contribution in [0.1, 0.15) is 42.2 Å². The maximum Gasteiger partial charge on any atom is 0.339 e. The van der Waals surface area contributed by atoms with E-state index in [4.69, 9.17) is 5.11 Å². The highest BCUT2D eigenvalue weighted by Gasteiger charge is 2.23. The Morgan fingerprint density at radius 1 is 1.65 bits per heavy atom. The van der Waals surface area contributed by atoms with Crippen molar-refractivity contribution in [3.8, 4) is 0 Å². The zero-order valence-electron chi connectivity index (χ0n) is 9.89. The summed E-state index contributed by atoms with van der Waals surface area (Å²) in [6.07, 6.45) is 6.56. The average Bonchev–Trinajstić information content (AvgIpc) is 3.10. The first-order valence-corrected chi connectivity index (χ1v) is 5.92. The number of carboxylic acid groups (broad SMARTS) is 1. The highest BCUT2D eigenvalue weighted by atomic mass is 16.4. The summed E-state index contributed by atoms with van der Waals surface area (Å²) < 4.78 is 0. The molecule has 1 fully saturated rings. The van der Waals surface area contributed by atoms with Gasteiger partial charge in [0.2, 0.25) is 0 Å². The predicted molar refractivity (Wildman–Crippen MR) is 62.6 cm³/mol. The van der Waals surface area contributed by atoms with Gasteiger partial charge in [-0.1, -0.05) is 12.8 Å². The number of nitrogens with one attached hydrogen (secondary N) is 1. The molecular weight excluding hydrogens is 218 g/mol. The minimum Gasteiger partial charge on any atom is -0.478 e. The Morgan fingerprint density at radius 3 is 3.06 bits per heavy atom. The molecule has 1 aliphatic carbocycles. The molecule has 0 radical (unpaired) electrons. The summed E-state index contributed by atoms with van der Waals surface area (Å²) in [7, 11) is 0. The number of aromatic carboxylic acids is 1. The first-order valence-electron chi connectivity index (χ1n) is 5.92. The van der Waals surface area contributed by atoms with Gasteiger partial charge in [0.1, 0.15) is 11.9 Å². The Bertz CT molecular complexity index is 404. The monoisotopic (exact) mass is 235 g/mol. The Kier molecular flexibility index (Phi) is 3.68. The van der Waals surface area contributed by atoms with Crippen molar-refractivity contribution in [3.63, 3.8) is 0 Å². The van der Waals surface area contributed by atoms with Gasteiger partial charge in [0.15, 0.2) is 0 Å². The van der Waals surface area contributed by atoms with Crippen molar-refractivity contribution in [3.05, 3.63) is 23.8 Å². The van der Waals surface area contributed by atoms with Gasteiger partial charge in [-0.3, -0.25) is 0 Å². The fourth-order valence-corrected chi connectivity index (χ4v) is 1.88. The summed E-state index contributed by atoms with van der Waals surface area (Å²) in [5, 5.41) is 12.3. The third-order valence-electron chi connectivity index (χ3n) is 3.03. The molecule has 0 aliphatic heterocycles. The quantitative estimate of drug-likeness (QED) is 0.780. The van der Waals surface area contributed by atoms with Gasteiger partial charge < -0.3 is 10.4 Å². The van der Waals surface area contributed by atoms with E-state index in [0.717, 1.165) is 12.3 Å². The summed E-state index contributed by atoms with van der Waals surface area (Å²) >= 11 is 0. The molecule has 1 heterocycles. The van der Waals surface area contributed by atoms with Crippen molar-refractivity contribution in [1.82, 2.24) is 15.3 Å². The van der Waals surface area contributed by atoms with Gasteiger partial charge in [-0.2, -0.15) is 0 Å². The lowest BCUT2D eigenvalue weighted by Gasteiger charge is -2.13. The minimum absolute atomic E-state index is 0.179. The van der Waals surface area contributed by atoms with Gasteiger partial charge in [-0.05, 0) is 19.3 Å². The summed E-state index contributed by atoms with van der Waals surface area (Å²) in [6, 6.07) is 0.402. The predicted octanol–water partition coefficient (Wildman–Crippen LogP) is 1.45. The van der Waals surface area contributed by atoms with E-state index in [-0.39, 0.29) is 5.56 Å². The Balaban J connectivity index is 1.90. The van der Waals surface area contributed by atoms with E-state index >= 15 is 0 Å². The van der Waals surface area contributed by atoms with E-state index in [9.17, 15) is 4.79 Å². The van der Waals surface area contributed by atoms with Crippen LogP contribution in [0, 0.1) is 5.92 Å². The molecule has 0 bridgehead atoms. The van der Waals surface area contributed by atoms with Crippen LogP contribution in [-0.4, -0.2) is 27.1 Å². The molecule has 0 saturated heterocycles. The number of carbonyl (C=O) groups is 1. The highest BCUT2D eigenvalue weighted by Crippen LogP contribution is 2.33. The average molecular weight is 235 g/mol. The van der Waals surface area contributed by atoms with Crippen LogP contribution >= 0.6 is 0 Å². The fourth-order valence-electron chi connectivity index (χ4n) is 1.88. The number of nitrogens with zero attached hydrogens (tertiary/aromatic N) is 2. The second-order valence-corrected chi connectivity index (χ2v) is 4.65. The van der Waals surface area contributed by atoms with Gasteiger partial charge in [-0.15, -0.1) is 0 Å². The van der Waals surface area contributed by atoms with Crippen molar-refractivity contribution < 1.29 is 9.90 Å². The van der Waals surface area contributed by atoms with Crippen LogP contribution < -0.4 is 5.32 Å². The number of hydrogen-bond acceptors (Lipinski definition) is 4. The fraction of sp³-hybridized carbons (Fsp3) is 0.583. The Morgan fingerprint density at radius 2 is 2.41 bits per heavy atom. The van der Waals surface area contributed by atoms with E-state index in [1.807, 2.05) is 0 Å². The van der Waals surface area contributed by atoms with Crippen LogP contribution in [0.15, 0.2) is 12.5 Å². The van der Waals surface area contributed by atoms with Gasteiger partial charge >= 0.3 is 5.97 Å². The molecule has 1 unspecified atom stereocenters. The summed E-state index contributed by atoms with van der Waals surface area (Å²) in [5.41, 5.74) is 0.730. The van der Waals surface area contributed by atoms with Crippen molar-refractivity contribution in [1.29, 1.82) is 0 Å². The van der Waals surface area contributed by atoms with Crippen molar-refractivity contribution in [2.45, 2.75) is 38.8 Å². The van der Waals surface area contributed by atoms with E-state index in [1.54, 1.807) is 0 Å². The molecule has 1 aliphatic rings. The topological polar surface area (TPSA) is 75.1 Å². The van der Waals surface area contributed by atoms with E-state index in [0.29, 0.717) is 18.3 Å². The molecule has 0 amide bonds. The summed E-state index contributed by atoms with van der Waals surface area (Å²) in [5.74, 6) is -0.112. The Labute approximate surface area is 100 Å². The van der Waals surface area contributed by atoms with Gasteiger partial charge in [0.25, 0.3) is 0 Å². The zero-order chi connectivity index (χ0) is 12.3. The molecule has 1 saturated carbocycles. The number of rotatable bonds is 6. The molecule has 17 heavy (non-hydrogen) atoms. The highest BCUT2D eigenvalue weighted by molar-refractivity contribution is 5.88. The SMILES string of the molecule is CC(CC1CC1)NCc1ncncc1C(=O)O. The standard InChI is InChI=1S/C12H17N3O2/c1-8(4-9-2-3-9)14-6-11-10(12(16)17)5-13-7-15-11/h5,7-9,14H,2-4,6H2,1H3,(H,16,17). The van der Waals surface area contributed by atoms with Crippen LogP contribution in [0.25, 0.3) is 0 Å². The second-order valence-electron chi connectivity index (χ2n) is 4.65. The molecule has 5 nitrogen and oxygen atoms in total. The molecule has 92 valence electrons. The normalized spacial score (nSPS) is 16.8. The van der Waals surface area contributed by atoms with Crippen molar-refractivity contribution in [2.24, 2.45) is 5.92 Å². The summed E-state index contributed by atoms with van der Waals surface area (Å²) in [6.45, 7) is 2.61. The molecule has 1 aromatic heterocycles. The first kappa shape index (κ1) is 12.0. The lowest BCUT2D eigenvalue weighted by molar-refractivity contribution is 0.0694. The molecule has 1 atom stereocenters. The third kappa shape index (κ3) is 3.49. The van der Waals surface area contributed by atoms with Gasteiger partial charge in [0, 0.05) is 18.8 Å². The molecule has 1 aromatic rings. The smallest absolute Gasteiger partial charge is 0.339 e. The molecule has 2 rings (SSSR count). The van der Waals surface area contributed by atoms with E-state index in [2.05, 4.69) is 22.2 Å². The van der Waals surface area contributed by atoms with Crippen LogP contribution in [0.4, 0.5) is 0 Å². The zero-order valence-corrected chi connectivity index (χ0v) is 9.89. The lowest BCUT2D eigenvalue weighted by Crippen LogP contribution is -2.27. The number of aromatic nitrogens is 2. The van der Waals surface area contributed by atoms with E-state index < -0.39 is 5.97 Å². The second kappa shape index (κ2) is 5.23. The minimum atomic E-state index is -0.975. The van der Waals surface area contributed by atoms with Crippen molar-refractivity contribution in [2.75, 3.05) is 0 Å². The van der Waals surface area contributed by atoms with Crippen LogP contribution in [-0.2, 0) is 6.54 Å². The van der Waals surface area contributed by atoms with E-state index in [1.165, 1.54) is 25.4 Å². The van der Waals surface area contributed by atoms with Crippen molar-refractivity contribution >= 4 is 5.97 Å². The first-order chi connectivity index (χ1) is 8.16. The molecule has 5 heteroatoms. The van der Waals surface area contributed by atoms with Gasteiger partial charge in [0.05, 0.1) is 5.69 Å². The Hall–Kier alpha value is -1.49. The summed E-state index contributed by atoms with van der Waals surface area (Å²) in [4.78, 5) is 18.7. The van der Waals surface area contributed by atoms with Crippen LogP contribution in [0.5, 0.6) is 0 Å². The lowest BCUT2D eigenvalue weighted by atomic mass is 10.1. The number of carboxylic acids is 1. The molecule has 0 aromatic carbocycles. The largest absolute Gasteiger partial charge is 0.478 e. The maximum atomic E-state index is 10.9. The van der Waals surface area contributed by atoms with Crippen LogP contribution in [0.3, 0.4) is 0 Å². The van der Waals surface area contributed by atoms with Gasteiger partial charge in [-0.25, -0.2) is 14.8 Å². The third-order valence-corrected chi connectivity index (χ3v) is 3.03.